The van der Waals surface area contributed by atoms with Crippen molar-refractivity contribution in [2.45, 2.75) is 42.9 Å². The second-order valence-electron chi connectivity index (χ2n) is 5.44. The molecule has 0 bridgehead atoms. The minimum absolute atomic E-state index is 0.0139. The van der Waals surface area contributed by atoms with E-state index in [1.165, 1.54) is 12.1 Å². The number of rotatable bonds is 3. The van der Waals surface area contributed by atoms with Crippen LogP contribution in [0.15, 0.2) is 35.2 Å². The SMILES string of the molecule is CC(=O)N1CC(NS(=O)(=O)c2ccccc2)CCC1C(F)(F)F. The van der Waals surface area contributed by atoms with Crippen molar-refractivity contribution in [2.24, 2.45) is 0 Å². The number of sulfonamides is 1. The highest BCUT2D eigenvalue weighted by Crippen LogP contribution is 2.32. The highest BCUT2D eigenvalue weighted by Gasteiger charge is 2.47. The van der Waals surface area contributed by atoms with E-state index in [1.54, 1.807) is 18.2 Å². The number of nitrogens with zero attached hydrogens (tertiary/aromatic N) is 1. The summed E-state index contributed by atoms with van der Waals surface area (Å²) >= 11 is 0. The third kappa shape index (κ3) is 4.23. The van der Waals surface area contributed by atoms with Crippen LogP contribution in [0.4, 0.5) is 13.2 Å². The molecule has 0 spiro atoms. The van der Waals surface area contributed by atoms with Gasteiger partial charge in [-0.3, -0.25) is 4.79 Å². The van der Waals surface area contributed by atoms with Gasteiger partial charge in [0.2, 0.25) is 15.9 Å². The first kappa shape index (κ1) is 17.7. The Morgan fingerprint density at radius 2 is 1.83 bits per heavy atom. The molecule has 9 heteroatoms. The third-order valence-corrected chi connectivity index (χ3v) is 5.28. The number of piperidine rings is 1. The van der Waals surface area contributed by atoms with Gasteiger partial charge in [-0.1, -0.05) is 18.2 Å². The van der Waals surface area contributed by atoms with Gasteiger partial charge in [0.15, 0.2) is 0 Å². The summed E-state index contributed by atoms with van der Waals surface area (Å²) < 4.78 is 65.7. The molecule has 0 radical (unpaired) electrons. The number of likely N-dealkylation sites (tertiary alicyclic amines) is 1. The molecule has 0 aromatic heterocycles. The van der Waals surface area contributed by atoms with Crippen LogP contribution in [0.5, 0.6) is 0 Å². The van der Waals surface area contributed by atoms with Crippen LogP contribution in [-0.4, -0.2) is 44.0 Å². The lowest BCUT2D eigenvalue weighted by molar-refractivity contribution is -0.196. The van der Waals surface area contributed by atoms with E-state index < -0.39 is 34.2 Å². The minimum atomic E-state index is -4.52. The zero-order valence-electron chi connectivity index (χ0n) is 12.4. The molecule has 1 aliphatic heterocycles. The Bertz CT molecular complexity index is 662. The summed E-state index contributed by atoms with van der Waals surface area (Å²) in [7, 11) is -3.83. The summed E-state index contributed by atoms with van der Waals surface area (Å²) in [6, 6.07) is 4.94. The molecular formula is C14H17F3N2O3S. The van der Waals surface area contributed by atoms with Crippen molar-refractivity contribution in [2.75, 3.05) is 6.54 Å². The van der Waals surface area contributed by atoms with Crippen molar-refractivity contribution in [3.8, 4) is 0 Å². The van der Waals surface area contributed by atoms with E-state index >= 15 is 0 Å². The fourth-order valence-electron chi connectivity index (χ4n) is 2.64. The van der Waals surface area contributed by atoms with Crippen molar-refractivity contribution in [3.05, 3.63) is 30.3 Å². The van der Waals surface area contributed by atoms with Crippen molar-refractivity contribution in [1.29, 1.82) is 0 Å². The van der Waals surface area contributed by atoms with E-state index in [0.717, 1.165) is 6.92 Å². The average Bonchev–Trinajstić information content (AvgIpc) is 2.46. The van der Waals surface area contributed by atoms with E-state index in [2.05, 4.69) is 4.72 Å². The van der Waals surface area contributed by atoms with Gasteiger partial charge in [-0.2, -0.15) is 13.2 Å². The molecule has 0 aliphatic carbocycles. The van der Waals surface area contributed by atoms with Gasteiger partial charge in [0, 0.05) is 19.5 Å². The Kier molecular flexibility index (Phi) is 5.00. The number of carbonyl (C=O) groups excluding carboxylic acids is 1. The van der Waals surface area contributed by atoms with Gasteiger partial charge in [-0.05, 0) is 25.0 Å². The molecule has 1 amide bonds. The van der Waals surface area contributed by atoms with Gasteiger partial charge in [0.05, 0.1) is 4.90 Å². The standard InChI is InChI=1S/C14H17F3N2O3S/c1-10(20)19-9-11(7-8-13(19)14(15,16)17)18-23(21,22)12-5-3-2-4-6-12/h2-6,11,13,18H,7-9H2,1H3. The molecular weight excluding hydrogens is 333 g/mol. The lowest BCUT2D eigenvalue weighted by Gasteiger charge is -2.39. The Hall–Kier alpha value is -1.61. The number of alkyl halides is 3. The molecule has 1 N–H and O–H groups in total. The maximum absolute atomic E-state index is 12.9. The quantitative estimate of drug-likeness (QED) is 0.906. The number of carbonyl (C=O) groups is 1. The number of amides is 1. The highest BCUT2D eigenvalue weighted by atomic mass is 32.2. The van der Waals surface area contributed by atoms with Crippen LogP contribution in [0.25, 0.3) is 0 Å². The molecule has 128 valence electrons. The van der Waals surface area contributed by atoms with Crippen LogP contribution in [-0.2, 0) is 14.8 Å². The van der Waals surface area contributed by atoms with Crippen molar-refractivity contribution < 1.29 is 26.4 Å². The third-order valence-electron chi connectivity index (χ3n) is 3.74. The van der Waals surface area contributed by atoms with Gasteiger partial charge in [-0.25, -0.2) is 13.1 Å². The normalized spacial score (nSPS) is 22.9. The van der Waals surface area contributed by atoms with E-state index in [9.17, 15) is 26.4 Å². The molecule has 2 rings (SSSR count). The Balaban J connectivity index is 2.13. The van der Waals surface area contributed by atoms with Gasteiger partial charge in [-0.15, -0.1) is 0 Å². The molecule has 1 aromatic carbocycles. The van der Waals surface area contributed by atoms with E-state index in [-0.39, 0.29) is 24.3 Å². The van der Waals surface area contributed by atoms with E-state index in [0.29, 0.717) is 4.90 Å². The predicted molar refractivity (Wildman–Crippen MR) is 77.0 cm³/mol. The van der Waals surface area contributed by atoms with Gasteiger partial charge < -0.3 is 4.90 Å². The largest absolute Gasteiger partial charge is 0.408 e. The summed E-state index contributed by atoms with van der Waals surface area (Å²) in [5.74, 6) is -0.726. The average molecular weight is 350 g/mol. The smallest absolute Gasteiger partial charge is 0.329 e. The first-order valence-electron chi connectivity index (χ1n) is 7.02. The van der Waals surface area contributed by atoms with Gasteiger partial charge >= 0.3 is 6.18 Å². The summed E-state index contributed by atoms with van der Waals surface area (Å²) in [5, 5.41) is 0. The molecule has 2 unspecified atom stereocenters. The van der Waals surface area contributed by atoms with Crippen LogP contribution in [0, 0.1) is 0 Å². The Morgan fingerprint density at radius 1 is 1.22 bits per heavy atom. The molecule has 2 atom stereocenters. The Morgan fingerprint density at radius 3 is 2.35 bits per heavy atom. The molecule has 1 heterocycles. The van der Waals surface area contributed by atoms with Crippen molar-refractivity contribution in [1.82, 2.24) is 9.62 Å². The predicted octanol–water partition coefficient (Wildman–Crippen LogP) is 1.91. The zero-order chi connectivity index (χ0) is 17.3. The summed E-state index contributed by atoms with van der Waals surface area (Å²) in [5.41, 5.74) is 0. The molecule has 1 aromatic rings. The van der Waals surface area contributed by atoms with Crippen LogP contribution < -0.4 is 4.72 Å². The van der Waals surface area contributed by atoms with Crippen LogP contribution in [0.2, 0.25) is 0 Å². The lowest BCUT2D eigenvalue weighted by Crippen LogP contribution is -2.57. The van der Waals surface area contributed by atoms with E-state index in [4.69, 9.17) is 0 Å². The van der Waals surface area contributed by atoms with Gasteiger partial charge in [0.25, 0.3) is 0 Å². The van der Waals surface area contributed by atoms with Crippen molar-refractivity contribution >= 4 is 15.9 Å². The first-order valence-corrected chi connectivity index (χ1v) is 8.51. The Labute approximate surface area is 132 Å². The summed E-state index contributed by atoms with van der Waals surface area (Å²) in [6.07, 6.45) is -4.83. The lowest BCUT2D eigenvalue weighted by atomic mass is 9.98. The zero-order valence-corrected chi connectivity index (χ0v) is 13.2. The highest BCUT2D eigenvalue weighted by molar-refractivity contribution is 7.89. The topological polar surface area (TPSA) is 66.5 Å². The number of halogens is 3. The fourth-order valence-corrected chi connectivity index (χ4v) is 3.93. The summed E-state index contributed by atoms with van der Waals surface area (Å²) in [4.78, 5) is 12.2. The number of hydrogen-bond donors (Lipinski definition) is 1. The number of benzene rings is 1. The van der Waals surface area contributed by atoms with Crippen LogP contribution >= 0.6 is 0 Å². The first-order chi connectivity index (χ1) is 10.6. The fraction of sp³-hybridized carbons (Fsp3) is 0.500. The molecule has 1 fully saturated rings. The maximum Gasteiger partial charge on any atom is 0.408 e. The molecule has 1 saturated heterocycles. The number of hydrogen-bond acceptors (Lipinski definition) is 3. The summed E-state index contributed by atoms with van der Waals surface area (Å²) in [6.45, 7) is 0.748. The van der Waals surface area contributed by atoms with Gasteiger partial charge in [0.1, 0.15) is 6.04 Å². The maximum atomic E-state index is 12.9. The van der Waals surface area contributed by atoms with Crippen molar-refractivity contribution in [3.63, 3.8) is 0 Å². The molecule has 5 nitrogen and oxygen atoms in total. The van der Waals surface area contributed by atoms with Crippen LogP contribution in [0.1, 0.15) is 19.8 Å². The molecule has 23 heavy (non-hydrogen) atoms. The monoisotopic (exact) mass is 350 g/mol. The minimum Gasteiger partial charge on any atom is -0.329 e. The number of nitrogens with one attached hydrogen (secondary N) is 1. The molecule has 1 aliphatic rings. The van der Waals surface area contributed by atoms with E-state index in [1.807, 2.05) is 0 Å². The second kappa shape index (κ2) is 6.48. The van der Waals surface area contributed by atoms with Crippen LogP contribution in [0.3, 0.4) is 0 Å². The second-order valence-corrected chi connectivity index (χ2v) is 7.15. The molecule has 0 saturated carbocycles.